The van der Waals surface area contributed by atoms with Crippen LogP contribution in [0.1, 0.15) is 33.1 Å². The van der Waals surface area contributed by atoms with Crippen molar-refractivity contribution in [3.05, 3.63) is 0 Å². The first kappa shape index (κ1) is 15.8. The van der Waals surface area contributed by atoms with Crippen LogP contribution in [0, 0.1) is 5.92 Å². The van der Waals surface area contributed by atoms with E-state index in [1.54, 1.807) is 4.90 Å². The highest BCUT2D eigenvalue weighted by Crippen LogP contribution is 2.11. The van der Waals surface area contributed by atoms with Crippen molar-refractivity contribution in [1.82, 2.24) is 10.2 Å². The number of carboxylic acid groups (broad SMARTS) is 1. The number of carbonyl (C=O) groups excluding carboxylic acids is 1. The third-order valence-corrected chi connectivity index (χ3v) is 3.13. The minimum Gasteiger partial charge on any atom is -0.481 e. The maximum absolute atomic E-state index is 12.0. The Hall–Kier alpha value is -1.30. The molecule has 19 heavy (non-hydrogen) atoms. The third kappa shape index (κ3) is 5.92. The first-order valence-corrected chi connectivity index (χ1v) is 6.84. The van der Waals surface area contributed by atoms with E-state index in [1.165, 1.54) is 0 Å². The van der Waals surface area contributed by atoms with Crippen LogP contribution in [-0.2, 0) is 9.53 Å². The van der Waals surface area contributed by atoms with Gasteiger partial charge in [0.2, 0.25) is 0 Å². The van der Waals surface area contributed by atoms with Crippen molar-refractivity contribution in [1.29, 1.82) is 0 Å². The number of nitrogens with one attached hydrogen (secondary N) is 1. The quantitative estimate of drug-likeness (QED) is 0.714. The normalized spacial score (nSPS) is 19.5. The van der Waals surface area contributed by atoms with E-state index in [1.807, 2.05) is 0 Å². The Balaban J connectivity index is 2.37. The molecule has 0 aromatic rings. The maximum Gasteiger partial charge on any atom is 0.317 e. The summed E-state index contributed by atoms with van der Waals surface area (Å²) in [5, 5.41) is 11.7. The summed E-state index contributed by atoms with van der Waals surface area (Å²) in [7, 11) is 0. The molecule has 0 aromatic carbocycles. The fourth-order valence-electron chi connectivity index (χ4n) is 2.10. The lowest BCUT2D eigenvalue weighted by Gasteiger charge is -2.34. The number of hydrogen-bond acceptors (Lipinski definition) is 3. The number of morpholine rings is 1. The fraction of sp³-hybridized carbons (Fsp3) is 0.846. The van der Waals surface area contributed by atoms with E-state index in [9.17, 15) is 9.59 Å². The van der Waals surface area contributed by atoms with Crippen LogP contribution in [0.5, 0.6) is 0 Å². The molecular weight excluding hydrogens is 248 g/mol. The Morgan fingerprint density at radius 1 is 1.47 bits per heavy atom. The molecule has 2 amide bonds. The van der Waals surface area contributed by atoms with Gasteiger partial charge >= 0.3 is 12.0 Å². The van der Waals surface area contributed by atoms with E-state index in [0.717, 1.165) is 12.8 Å². The molecule has 1 aliphatic rings. The minimum absolute atomic E-state index is 0.0700. The van der Waals surface area contributed by atoms with Gasteiger partial charge in [0.05, 0.1) is 25.7 Å². The van der Waals surface area contributed by atoms with Crippen LogP contribution in [0.15, 0.2) is 0 Å². The molecule has 1 unspecified atom stereocenters. The van der Waals surface area contributed by atoms with Crippen LogP contribution in [0.3, 0.4) is 0 Å². The second-order valence-electron chi connectivity index (χ2n) is 5.29. The zero-order valence-corrected chi connectivity index (χ0v) is 11.7. The number of hydrogen-bond donors (Lipinski definition) is 2. The number of carboxylic acids is 1. The molecule has 6 nitrogen and oxygen atoms in total. The van der Waals surface area contributed by atoms with Crippen molar-refractivity contribution in [2.24, 2.45) is 5.92 Å². The van der Waals surface area contributed by atoms with Gasteiger partial charge in [-0.25, -0.2) is 4.79 Å². The van der Waals surface area contributed by atoms with Gasteiger partial charge in [-0.1, -0.05) is 13.8 Å². The number of amides is 2. The Morgan fingerprint density at radius 3 is 2.84 bits per heavy atom. The van der Waals surface area contributed by atoms with Gasteiger partial charge in [0.1, 0.15) is 0 Å². The van der Waals surface area contributed by atoms with Gasteiger partial charge < -0.3 is 20.1 Å². The lowest BCUT2D eigenvalue weighted by Crippen LogP contribution is -2.53. The van der Waals surface area contributed by atoms with Crippen LogP contribution in [0.4, 0.5) is 4.79 Å². The van der Waals surface area contributed by atoms with E-state index >= 15 is 0 Å². The number of nitrogens with zero attached hydrogens (tertiary/aromatic N) is 1. The van der Waals surface area contributed by atoms with Crippen molar-refractivity contribution >= 4 is 12.0 Å². The number of aliphatic carboxylic acids is 1. The first-order valence-electron chi connectivity index (χ1n) is 6.84. The highest BCUT2D eigenvalue weighted by Gasteiger charge is 2.28. The van der Waals surface area contributed by atoms with Gasteiger partial charge in [-0.3, -0.25) is 4.79 Å². The SMILES string of the molecule is CC(C)CCCNC(=O)N1CCOCC1CC(=O)O. The first-order chi connectivity index (χ1) is 9.00. The van der Waals surface area contributed by atoms with Crippen molar-refractivity contribution in [3.8, 4) is 0 Å². The second kappa shape index (κ2) is 7.99. The van der Waals surface area contributed by atoms with Crippen LogP contribution in [0.2, 0.25) is 0 Å². The molecule has 2 N–H and O–H groups in total. The molecule has 1 aliphatic heterocycles. The average molecular weight is 272 g/mol. The van der Waals surface area contributed by atoms with Crippen molar-refractivity contribution in [3.63, 3.8) is 0 Å². The summed E-state index contributed by atoms with van der Waals surface area (Å²) in [5.41, 5.74) is 0. The molecule has 0 aliphatic carbocycles. The average Bonchev–Trinajstić information content (AvgIpc) is 2.34. The number of carbonyl (C=O) groups is 2. The highest BCUT2D eigenvalue weighted by molar-refractivity contribution is 5.76. The van der Waals surface area contributed by atoms with Crippen molar-refractivity contribution in [2.75, 3.05) is 26.3 Å². The molecule has 110 valence electrons. The summed E-state index contributed by atoms with van der Waals surface area (Å²) in [6, 6.07) is -0.547. The number of urea groups is 1. The molecular formula is C13H24N2O4. The summed E-state index contributed by atoms with van der Waals surface area (Å²) >= 11 is 0. The van der Waals surface area contributed by atoms with Gasteiger partial charge in [-0.05, 0) is 18.8 Å². The number of ether oxygens (including phenoxy) is 1. The molecule has 6 heteroatoms. The second-order valence-corrected chi connectivity index (χ2v) is 5.29. The molecule has 1 fully saturated rings. The molecule has 1 rings (SSSR count). The molecule has 1 saturated heterocycles. The van der Waals surface area contributed by atoms with Crippen LogP contribution < -0.4 is 5.32 Å². The van der Waals surface area contributed by atoms with Crippen LogP contribution in [0.25, 0.3) is 0 Å². The van der Waals surface area contributed by atoms with Crippen molar-refractivity contribution in [2.45, 2.75) is 39.2 Å². The molecule has 0 aromatic heterocycles. The molecule has 0 saturated carbocycles. The molecule has 0 bridgehead atoms. The summed E-state index contributed by atoms with van der Waals surface area (Å²) in [4.78, 5) is 24.3. The Kier molecular flexibility index (Phi) is 6.62. The van der Waals surface area contributed by atoms with Gasteiger partial charge in [-0.15, -0.1) is 0 Å². The molecule has 0 radical (unpaired) electrons. The largest absolute Gasteiger partial charge is 0.481 e. The molecule has 1 atom stereocenters. The predicted molar refractivity (Wildman–Crippen MR) is 71.0 cm³/mol. The Bertz CT molecular complexity index is 307. The van der Waals surface area contributed by atoms with Gasteiger partial charge in [0, 0.05) is 13.1 Å². The van der Waals surface area contributed by atoms with E-state index in [4.69, 9.17) is 9.84 Å². The zero-order chi connectivity index (χ0) is 14.3. The van der Waals surface area contributed by atoms with Gasteiger partial charge in [0.15, 0.2) is 0 Å². The van der Waals surface area contributed by atoms with Gasteiger partial charge in [0.25, 0.3) is 0 Å². The maximum atomic E-state index is 12.0. The van der Waals surface area contributed by atoms with Crippen molar-refractivity contribution < 1.29 is 19.4 Å². The smallest absolute Gasteiger partial charge is 0.317 e. The molecule has 0 spiro atoms. The summed E-state index contributed by atoms with van der Waals surface area (Å²) in [6.45, 7) is 6.14. The summed E-state index contributed by atoms with van der Waals surface area (Å²) in [5.74, 6) is -0.284. The topological polar surface area (TPSA) is 78.9 Å². The van der Waals surface area contributed by atoms with Gasteiger partial charge in [-0.2, -0.15) is 0 Å². The van der Waals surface area contributed by atoms with E-state index < -0.39 is 5.97 Å². The lowest BCUT2D eigenvalue weighted by atomic mass is 10.1. The van der Waals surface area contributed by atoms with Crippen LogP contribution >= 0.6 is 0 Å². The third-order valence-electron chi connectivity index (χ3n) is 3.13. The predicted octanol–water partition coefficient (Wildman–Crippen LogP) is 1.31. The Labute approximate surface area is 114 Å². The highest BCUT2D eigenvalue weighted by atomic mass is 16.5. The molecule has 1 heterocycles. The number of rotatable bonds is 6. The van der Waals surface area contributed by atoms with E-state index in [2.05, 4.69) is 19.2 Å². The summed E-state index contributed by atoms with van der Waals surface area (Å²) in [6.07, 6.45) is 1.94. The zero-order valence-electron chi connectivity index (χ0n) is 11.7. The lowest BCUT2D eigenvalue weighted by molar-refractivity contribution is -0.139. The van der Waals surface area contributed by atoms with E-state index in [-0.39, 0.29) is 18.5 Å². The standard InChI is InChI=1S/C13H24N2O4/c1-10(2)4-3-5-14-13(18)15-6-7-19-9-11(15)8-12(16)17/h10-11H,3-9H2,1-2H3,(H,14,18)(H,16,17). The fourth-order valence-corrected chi connectivity index (χ4v) is 2.10. The summed E-state index contributed by atoms with van der Waals surface area (Å²) < 4.78 is 5.24. The Morgan fingerprint density at radius 2 is 2.21 bits per heavy atom. The minimum atomic E-state index is -0.909. The van der Waals surface area contributed by atoms with E-state index in [0.29, 0.717) is 32.2 Å². The monoisotopic (exact) mass is 272 g/mol. The van der Waals surface area contributed by atoms with Crippen LogP contribution in [-0.4, -0.2) is 54.4 Å².